The second-order valence-corrected chi connectivity index (χ2v) is 13.7. The molecule has 0 aromatic carbocycles. The Morgan fingerprint density at radius 1 is 1.05 bits per heavy atom. The lowest BCUT2D eigenvalue weighted by molar-refractivity contribution is -0.135. The molecule has 2 bridgehead atoms. The van der Waals surface area contributed by atoms with E-state index in [9.17, 15) is 26.4 Å². The summed E-state index contributed by atoms with van der Waals surface area (Å²) >= 11 is 0. The highest BCUT2D eigenvalue weighted by Crippen LogP contribution is 2.43. The number of nitrogens with one attached hydrogen (secondary N) is 2. The number of nitrogens with zero attached hydrogens (tertiary/aromatic N) is 3. The van der Waals surface area contributed by atoms with Crippen LogP contribution in [0.2, 0.25) is 0 Å². The lowest BCUT2D eigenvalue weighted by Crippen LogP contribution is -2.55. The number of carbonyl (C=O) groups excluding carboxylic acids is 1. The van der Waals surface area contributed by atoms with Crippen molar-refractivity contribution in [2.45, 2.75) is 87.6 Å². The van der Waals surface area contributed by atoms with E-state index in [-0.39, 0.29) is 59.9 Å². The van der Waals surface area contributed by atoms with Crippen LogP contribution in [-0.4, -0.2) is 91.3 Å². The van der Waals surface area contributed by atoms with Crippen LogP contribution in [0.4, 0.5) is 13.2 Å². The number of hydrogen-bond acceptors (Lipinski definition) is 7. The van der Waals surface area contributed by atoms with Gasteiger partial charge < -0.3 is 19.9 Å². The quantitative estimate of drug-likeness (QED) is 0.435. The van der Waals surface area contributed by atoms with Crippen LogP contribution in [0.25, 0.3) is 0 Å². The first-order valence-corrected chi connectivity index (χ1v) is 15.4. The highest BCUT2D eigenvalue weighted by atomic mass is 32.2. The minimum atomic E-state index is -4.13. The number of hydrogen-bond donors (Lipinski definition) is 2. The number of rotatable bonds is 9. The van der Waals surface area contributed by atoms with Gasteiger partial charge in [0.2, 0.25) is 0 Å². The fraction of sp³-hybridized carbons (Fsp3) is 0.840. The highest BCUT2D eigenvalue weighted by molar-refractivity contribution is 7.86. The van der Waals surface area contributed by atoms with Crippen molar-refractivity contribution in [3.63, 3.8) is 0 Å². The van der Waals surface area contributed by atoms with Crippen molar-refractivity contribution in [2.24, 2.45) is 11.8 Å². The molecule has 14 heteroatoms. The van der Waals surface area contributed by atoms with Crippen LogP contribution in [-0.2, 0) is 14.9 Å². The average Bonchev–Trinajstić information content (AvgIpc) is 3.58. The third-order valence-corrected chi connectivity index (χ3v) is 11.3. The van der Waals surface area contributed by atoms with E-state index in [4.69, 9.17) is 9.26 Å². The zero-order chi connectivity index (χ0) is 27.4. The summed E-state index contributed by atoms with van der Waals surface area (Å²) in [4.78, 5) is 12.8. The van der Waals surface area contributed by atoms with E-state index in [2.05, 4.69) is 15.8 Å². The molecule has 4 aliphatic heterocycles. The molecule has 5 fully saturated rings. The second kappa shape index (κ2) is 10.6. The lowest BCUT2D eigenvalue weighted by atomic mass is 9.99. The highest BCUT2D eigenvalue weighted by Gasteiger charge is 2.52. The van der Waals surface area contributed by atoms with Gasteiger partial charge in [0.25, 0.3) is 16.1 Å². The molecule has 5 aliphatic rings. The molecule has 10 nitrogen and oxygen atoms in total. The number of aromatic nitrogens is 1. The molecule has 218 valence electrons. The van der Waals surface area contributed by atoms with Crippen LogP contribution in [0, 0.1) is 11.8 Å². The van der Waals surface area contributed by atoms with Gasteiger partial charge in [-0.1, -0.05) is 5.16 Å². The zero-order valence-electron chi connectivity index (χ0n) is 21.7. The van der Waals surface area contributed by atoms with Crippen molar-refractivity contribution in [1.29, 1.82) is 0 Å². The van der Waals surface area contributed by atoms with Gasteiger partial charge >= 0.3 is 6.18 Å². The molecule has 39 heavy (non-hydrogen) atoms. The summed E-state index contributed by atoms with van der Waals surface area (Å²) in [6.45, 7) is 2.38. The van der Waals surface area contributed by atoms with E-state index >= 15 is 0 Å². The van der Waals surface area contributed by atoms with Gasteiger partial charge in [0, 0.05) is 49.7 Å². The van der Waals surface area contributed by atoms with Crippen LogP contribution in [0.5, 0.6) is 0 Å². The first-order valence-electron chi connectivity index (χ1n) is 14.0. The van der Waals surface area contributed by atoms with Crippen LogP contribution in [0.15, 0.2) is 10.6 Å². The molecular formula is C25H36F3N5O5S. The standard InChI is InChI=1S/C25H36F3N5O5S/c26-25(27,28)4-1-5-29-18-6-15-11-32(12-16(15)7-18)39(35,36)33-20-2-3-21(33)9-19(8-20)30-24(34)22-10-23(38-31-22)17-13-37-14-17/h10,15-21,29H,1-9,11-14H2,(H,30,34)/t15-,16+,18?,19?,20-,21?/m0/s1. The number of ether oxygens (including phenoxy) is 1. The Bertz CT molecular complexity index is 1130. The first-order chi connectivity index (χ1) is 18.6. The maximum Gasteiger partial charge on any atom is 0.389 e. The molecule has 6 atom stereocenters. The third-order valence-electron chi connectivity index (χ3n) is 9.18. The fourth-order valence-electron chi connectivity index (χ4n) is 7.22. The van der Waals surface area contributed by atoms with Crippen LogP contribution >= 0.6 is 0 Å². The predicted molar refractivity (Wildman–Crippen MR) is 133 cm³/mol. The van der Waals surface area contributed by atoms with Crippen molar-refractivity contribution in [3.05, 3.63) is 17.5 Å². The fourth-order valence-corrected chi connectivity index (χ4v) is 9.38. The van der Waals surface area contributed by atoms with Crippen molar-refractivity contribution in [2.75, 3.05) is 32.8 Å². The Morgan fingerprint density at radius 2 is 1.72 bits per heavy atom. The van der Waals surface area contributed by atoms with E-state index in [1.54, 1.807) is 14.7 Å². The van der Waals surface area contributed by atoms with Gasteiger partial charge in [-0.05, 0) is 63.3 Å². The summed E-state index contributed by atoms with van der Waals surface area (Å²) in [5.41, 5.74) is 0.232. The number of fused-ring (bicyclic) bond motifs is 3. The molecule has 1 saturated carbocycles. The van der Waals surface area contributed by atoms with Gasteiger partial charge in [-0.3, -0.25) is 4.79 Å². The van der Waals surface area contributed by atoms with E-state index in [1.807, 2.05) is 0 Å². The summed E-state index contributed by atoms with van der Waals surface area (Å²) in [6, 6.07) is 1.38. The smallest absolute Gasteiger partial charge is 0.380 e. The van der Waals surface area contributed by atoms with Crippen LogP contribution in [0.1, 0.15) is 73.5 Å². The Balaban J connectivity index is 0.996. The maximum atomic E-state index is 13.7. The summed E-state index contributed by atoms with van der Waals surface area (Å²) in [5.74, 6) is 0.937. The molecule has 6 rings (SSSR count). The molecule has 4 saturated heterocycles. The maximum absolute atomic E-state index is 13.7. The summed E-state index contributed by atoms with van der Waals surface area (Å²) in [7, 11) is -3.63. The van der Waals surface area contributed by atoms with Crippen molar-refractivity contribution >= 4 is 16.1 Å². The van der Waals surface area contributed by atoms with E-state index in [1.165, 1.54) is 0 Å². The Labute approximate surface area is 226 Å². The van der Waals surface area contributed by atoms with Crippen molar-refractivity contribution in [1.82, 2.24) is 24.4 Å². The Morgan fingerprint density at radius 3 is 2.31 bits per heavy atom. The number of piperidine rings is 1. The minimum Gasteiger partial charge on any atom is -0.380 e. The van der Waals surface area contributed by atoms with Gasteiger partial charge in [-0.2, -0.15) is 30.2 Å². The number of halogens is 3. The van der Waals surface area contributed by atoms with E-state index < -0.39 is 22.8 Å². The molecule has 1 aromatic heterocycles. The molecule has 5 heterocycles. The number of carbonyl (C=O) groups is 1. The van der Waals surface area contributed by atoms with Crippen LogP contribution in [0.3, 0.4) is 0 Å². The lowest BCUT2D eigenvalue weighted by Gasteiger charge is -2.40. The van der Waals surface area contributed by atoms with Gasteiger partial charge in [-0.15, -0.1) is 0 Å². The molecule has 1 aliphatic carbocycles. The molecule has 2 N–H and O–H groups in total. The zero-order valence-corrected chi connectivity index (χ0v) is 22.6. The number of alkyl halides is 3. The molecular weight excluding hydrogens is 539 g/mol. The summed E-state index contributed by atoms with van der Waals surface area (Å²) in [5, 5.41) is 10.2. The number of amides is 1. The second-order valence-electron chi connectivity index (χ2n) is 11.9. The Hall–Kier alpha value is -1.74. The summed E-state index contributed by atoms with van der Waals surface area (Å²) in [6.07, 6.45) is -0.596. The molecule has 0 radical (unpaired) electrons. The van der Waals surface area contributed by atoms with Gasteiger partial charge in [0.15, 0.2) is 5.69 Å². The monoisotopic (exact) mass is 575 g/mol. The van der Waals surface area contributed by atoms with Gasteiger partial charge in [0.1, 0.15) is 5.76 Å². The van der Waals surface area contributed by atoms with Gasteiger partial charge in [0.05, 0.1) is 19.1 Å². The minimum absolute atomic E-state index is 0.0601. The molecule has 1 amide bonds. The largest absolute Gasteiger partial charge is 0.389 e. The van der Waals surface area contributed by atoms with Crippen molar-refractivity contribution in [3.8, 4) is 0 Å². The average molecular weight is 576 g/mol. The first kappa shape index (κ1) is 27.4. The molecule has 0 spiro atoms. The molecule has 3 unspecified atom stereocenters. The predicted octanol–water partition coefficient (Wildman–Crippen LogP) is 2.40. The molecule has 1 aromatic rings. The SMILES string of the molecule is O=C(NC1CC2CC[C@@H](C1)N2S(=O)(=O)N1C[C@H]2CC(NCCCC(F)(F)F)C[C@H]2C1)c1cc(C2COC2)on1. The Kier molecular flexibility index (Phi) is 7.45. The topological polar surface area (TPSA) is 117 Å². The van der Waals surface area contributed by atoms with E-state index in [0.717, 1.165) is 25.7 Å². The third kappa shape index (κ3) is 5.72. The van der Waals surface area contributed by atoms with Crippen molar-refractivity contribution < 1.29 is 35.6 Å². The summed E-state index contributed by atoms with van der Waals surface area (Å²) < 4.78 is 78.3. The van der Waals surface area contributed by atoms with Gasteiger partial charge in [-0.25, -0.2) is 0 Å². The van der Waals surface area contributed by atoms with Crippen LogP contribution < -0.4 is 10.6 Å². The normalized spacial score (nSPS) is 33.8. The van der Waals surface area contributed by atoms with E-state index in [0.29, 0.717) is 51.4 Å².